The van der Waals surface area contributed by atoms with Crippen LogP contribution in [0.5, 0.6) is 0 Å². The summed E-state index contributed by atoms with van der Waals surface area (Å²) in [7, 11) is -3.60. The van der Waals surface area contributed by atoms with Gasteiger partial charge in [-0.15, -0.1) is 0 Å². The first-order chi connectivity index (χ1) is 7.77. The van der Waals surface area contributed by atoms with E-state index in [1.54, 1.807) is 0 Å². The summed E-state index contributed by atoms with van der Waals surface area (Å²) < 4.78 is 37.3. The maximum Gasteiger partial charge on any atom is 0.385 e. The van der Waals surface area contributed by atoms with E-state index >= 15 is 0 Å². The molecule has 1 N–H and O–H groups in total. The fourth-order valence-electron chi connectivity index (χ4n) is 0.782. The average Bonchev–Trinajstić information content (AvgIpc) is 2.26. The lowest BCUT2D eigenvalue weighted by Gasteiger charge is -1.94. The number of nitrogens with zero attached hydrogens (tertiary/aromatic N) is 2. The van der Waals surface area contributed by atoms with Gasteiger partial charge in [-0.25, -0.2) is 13.2 Å². The van der Waals surface area contributed by atoms with Crippen LogP contribution in [0, 0.1) is 5.39 Å². The smallest absolute Gasteiger partial charge is 0.385 e. The lowest BCUT2D eigenvalue weighted by atomic mass is 10.2. The van der Waals surface area contributed by atoms with Gasteiger partial charge in [-0.3, -0.25) is 4.55 Å². The quantitative estimate of drug-likeness (QED) is 0.344. The Kier molecular flexibility index (Phi) is 5.76. The molecule has 1 aromatic rings. The number of carbonyl (C=O) groups excluding carboxylic acids is 1. The molecule has 0 amide bonds. The van der Waals surface area contributed by atoms with Crippen LogP contribution >= 0.6 is 0 Å². The highest BCUT2D eigenvalue weighted by molar-refractivity contribution is 7.79. The fourth-order valence-corrected chi connectivity index (χ4v) is 0.782. The highest BCUT2D eigenvalue weighted by Gasteiger charge is 2.07. The Labute approximate surface area is 97.0 Å². The molecule has 0 saturated carbocycles. The summed E-state index contributed by atoms with van der Waals surface area (Å²) in [5.41, 5.74) is 0.840. The summed E-state index contributed by atoms with van der Waals surface area (Å²) >= 11 is 0. The third-order valence-electron chi connectivity index (χ3n) is 1.40. The number of benzene rings is 1. The predicted molar refractivity (Wildman–Crippen MR) is 54.9 cm³/mol. The molecule has 8 nitrogen and oxygen atoms in total. The van der Waals surface area contributed by atoms with Gasteiger partial charge < -0.3 is 9.29 Å². The number of diazo groups is 1. The number of hydrogen-bond donors (Lipinski definition) is 1. The average molecular weight is 260 g/mol. The lowest BCUT2D eigenvalue weighted by molar-refractivity contribution is 0.0600. The van der Waals surface area contributed by atoms with Crippen molar-refractivity contribution in [2.75, 3.05) is 7.11 Å². The zero-order valence-electron chi connectivity index (χ0n) is 8.60. The molecule has 0 aliphatic rings. The monoisotopic (exact) mass is 260 g/mol. The van der Waals surface area contributed by atoms with Crippen LogP contribution in [-0.2, 0) is 15.1 Å². The van der Waals surface area contributed by atoms with E-state index in [4.69, 9.17) is 22.9 Å². The van der Waals surface area contributed by atoms with Crippen molar-refractivity contribution in [3.63, 3.8) is 0 Å². The normalized spacial score (nSPS) is 9.53. The molecule has 1 aromatic carbocycles. The Morgan fingerprint density at radius 2 is 1.82 bits per heavy atom. The summed E-state index contributed by atoms with van der Waals surface area (Å²) in [6.07, 6.45) is 0. The van der Waals surface area contributed by atoms with Gasteiger partial charge in [-0.05, 0) is 12.1 Å². The van der Waals surface area contributed by atoms with Crippen molar-refractivity contribution < 1.29 is 27.1 Å². The van der Waals surface area contributed by atoms with Gasteiger partial charge in [0.1, 0.15) is 0 Å². The maximum atomic E-state index is 10.9. The van der Waals surface area contributed by atoms with E-state index in [0.29, 0.717) is 11.3 Å². The Bertz CT molecular complexity index is 508. The molecule has 0 unspecified atom stereocenters. The molecule has 0 saturated heterocycles. The highest BCUT2D eigenvalue weighted by atomic mass is 32.3. The molecule has 0 bridgehead atoms. The lowest BCUT2D eigenvalue weighted by Crippen LogP contribution is -1.99. The molecule has 1 rings (SSSR count). The Hall–Kier alpha value is -2.02. The van der Waals surface area contributed by atoms with Crippen LogP contribution in [0.3, 0.4) is 0 Å². The molecular formula is C8H8N2O6S. The Balaban J connectivity index is 0.000000437. The van der Waals surface area contributed by atoms with Crippen LogP contribution in [0.2, 0.25) is 0 Å². The topological polar surface area (TPSA) is 132 Å². The first kappa shape index (κ1) is 15.0. The van der Waals surface area contributed by atoms with Crippen LogP contribution in [0.25, 0.3) is 4.98 Å². The van der Waals surface area contributed by atoms with Crippen molar-refractivity contribution in [2.24, 2.45) is 0 Å². The van der Waals surface area contributed by atoms with E-state index in [1.165, 1.54) is 31.4 Å². The first-order valence-electron chi connectivity index (χ1n) is 3.99. The first-order valence-corrected chi connectivity index (χ1v) is 5.36. The summed E-state index contributed by atoms with van der Waals surface area (Å²) in [5.74, 6) is -0.403. The second-order valence-electron chi connectivity index (χ2n) is 2.57. The molecule has 0 aliphatic carbocycles. The van der Waals surface area contributed by atoms with Gasteiger partial charge >= 0.3 is 11.7 Å². The standard InChI is InChI=1S/C8H7N2O2.H2O4S/c1-12-8(11)6-2-4-7(10-9)5-3-6;1-5(2,3)4/h2-5H,1H3;(H2,1,2,3,4)/q+1;/p-1. The second-order valence-corrected chi connectivity index (χ2v) is 3.42. The van der Waals surface area contributed by atoms with E-state index in [2.05, 4.69) is 9.71 Å². The number of hydrogen-bond acceptors (Lipinski definition) is 6. The van der Waals surface area contributed by atoms with E-state index in [-0.39, 0.29) is 0 Å². The van der Waals surface area contributed by atoms with E-state index in [1.807, 2.05) is 0 Å². The SMILES string of the molecule is COC(=O)c1ccc([N+]#N)cc1.O=S(=O)([O-])O. The summed E-state index contributed by atoms with van der Waals surface area (Å²) in [6, 6.07) is 6.10. The Morgan fingerprint density at radius 1 is 1.41 bits per heavy atom. The minimum atomic E-state index is -4.92. The molecule has 0 radical (unpaired) electrons. The van der Waals surface area contributed by atoms with Crippen LogP contribution in [-0.4, -0.2) is 30.6 Å². The molecule has 17 heavy (non-hydrogen) atoms. The van der Waals surface area contributed by atoms with Gasteiger partial charge in [0.25, 0.3) is 0 Å². The maximum absolute atomic E-state index is 10.9. The van der Waals surface area contributed by atoms with Crippen molar-refractivity contribution >= 4 is 22.1 Å². The van der Waals surface area contributed by atoms with E-state index < -0.39 is 16.4 Å². The number of rotatable bonds is 1. The van der Waals surface area contributed by atoms with Crippen molar-refractivity contribution in [3.8, 4) is 0 Å². The summed E-state index contributed by atoms with van der Waals surface area (Å²) in [5, 5.41) is 8.33. The molecule has 9 heteroatoms. The van der Waals surface area contributed by atoms with Gasteiger partial charge in [0.15, 0.2) is 4.98 Å². The zero-order chi connectivity index (χ0) is 13.5. The van der Waals surface area contributed by atoms with Crippen LogP contribution < -0.4 is 0 Å². The van der Waals surface area contributed by atoms with Crippen molar-refractivity contribution in [2.45, 2.75) is 0 Å². The summed E-state index contributed by atoms with van der Waals surface area (Å²) in [6.45, 7) is 0. The Morgan fingerprint density at radius 3 is 2.12 bits per heavy atom. The molecule has 0 heterocycles. The highest BCUT2D eigenvalue weighted by Crippen LogP contribution is 2.12. The van der Waals surface area contributed by atoms with Gasteiger partial charge in [-0.2, -0.15) is 0 Å². The molecule has 0 atom stereocenters. The fraction of sp³-hybridized carbons (Fsp3) is 0.125. The van der Waals surface area contributed by atoms with Gasteiger partial charge in [0.2, 0.25) is 15.8 Å². The molecule has 0 spiro atoms. The minimum absolute atomic E-state index is 0.403. The molecule has 0 aliphatic heterocycles. The molecule has 0 aromatic heterocycles. The number of methoxy groups -OCH3 is 1. The van der Waals surface area contributed by atoms with Crippen LogP contribution in [0.1, 0.15) is 10.4 Å². The molecule has 92 valence electrons. The van der Waals surface area contributed by atoms with Gasteiger partial charge in [-0.1, -0.05) is 0 Å². The number of esters is 1. The van der Waals surface area contributed by atoms with E-state index in [9.17, 15) is 4.79 Å². The van der Waals surface area contributed by atoms with E-state index in [0.717, 1.165) is 0 Å². The number of carbonyl (C=O) groups is 1. The van der Waals surface area contributed by atoms with Crippen LogP contribution in [0.4, 0.5) is 5.69 Å². The zero-order valence-corrected chi connectivity index (χ0v) is 9.42. The minimum Gasteiger partial charge on any atom is -0.726 e. The number of ether oxygens (including phenoxy) is 1. The van der Waals surface area contributed by atoms with Gasteiger partial charge in [0.05, 0.1) is 12.7 Å². The van der Waals surface area contributed by atoms with Crippen molar-refractivity contribution in [1.82, 2.24) is 0 Å². The summed E-state index contributed by atoms with van der Waals surface area (Å²) in [4.78, 5) is 13.8. The largest absolute Gasteiger partial charge is 0.726 e. The predicted octanol–water partition coefficient (Wildman–Crippen LogP) is 0.962. The molecular weight excluding hydrogens is 252 g/mol. The van der Waals surface area contributed by atoms with Crippen molar-refractivity contribution in [1.29, 1.82) is 5.39 Å². The second kappa shape index (κ2) is 6.54. The van der Waals surface area contributed by atoms with Crippen molar-refractivity contribution in [3.05, 3.63) is 34.8 Å². The third-order valence-corrected chi connectivity index (χ3v) is 1.40. The third kappa shape index (κ3) is 7.86. The van der Waals surface area contributed by atoms with Gasteiger partial charge in [0, 0.05) is 12.1 Å². The molecule has 0 fully saturated rings. The van der Waals surface area contributed by atoms with Crippen LogP contribution in [0.15, 0.2) is 24.3 Å².